The van der Waals surface area contributed by atoms with E-state index in [0.717, 1.165) is 0 Å². The van der Waals surface area contributed by atoms with E-state index in [4.69, 9.17) is 0 Å². The van der Waals surface area contributed by atoms with Gasteiger partial charge in [0, 0.05) is 30.9 Å². The van der Waals surface area contributed by atoms with Crippen LogP contribution in [0.15, 0.2) is 18.3 Å². The summed E-state index contributed by atoms with van der Waals surface area (Å²) in [6.07, 6.45) is 7.16. The van der Waals surface area contributed by atoms with Crippen LogP contribution in [-0.2, 0) is 0 Å². The first kappa shape index (κ1) is 11.0. The lowest BCUT2D eigenvalue weighted by atomic mass is 10.1. The third-order valence-corrected chi connectivity index (χ3v) is 4.10. The van der Waals surface area contributed by atoms with Crippen molar-refractivity contribution < 1.29 is 0 Å². The predicted octanol–water partition coefficient (Wildman–Crippen LogP) is 2.45. The second kappa shape index (κ2) is 4.65. The standard InChI is InChI=1S/C14H21N3/c1-16-9-5-7-13(16)12-6-4-8-15-14(12)17-10-2-3-11-17/h4,6,8,13H,2-3,5,7,9-11H2,1H3/t13-/m0/s1. The van der Waals surface area contributed by atoms with Crippen LogP contribution in [0.4, 0.5) is 5.82 Å². The molecule has 1 atom stereocenters. The van der Waals surface area contributed by atoms with Crippen LogP contribution in [0.2, 0.25) is 0 Å². The van der Waals surface area contributed by atoms with Crippen LogP contribution in [0.3, 0.4) is 0 Å². The molecule has 0 N–H and O–H groups in total. The van der Waals surface area contributed by atoms with Gasteiger partial charge in [0.15, 0.2) is 0 Å². The van der Waals surface area contributed by atoms with E-state index in [2.05, 4.69) is 34.0 Å². The molecular formula is C14H21N3. The molecule has 3 nitrogen and oxygen atoms in total. The van der Waals surface area contributed by atoms with Gasteiger partial charge in [-0.25, -0.2) is 4.98 Å². The maximum absolute atomic E-state index is 4.64. The van der Waals surface area contributed by atoms with Gasteiger partial charge in [-0.3, -0.25) is 4.90 Å². The van der Waals surface area contributed by atoms with Gasteiger partial charge in [-0.1, -0.05) is 6.07 Å². The monoisotopic (exact) mass is 231 g/mol. The summed E-state index contributed by atoms with van der Waals surface area (Å²) < 4.78 is 0. The Morgan fingerprint density at radius 1 is 1.18 bits per heavy atom. The summed E-state index contributed by atoms with van der Waals surface area (Å²) in [6, 6.07) is 4.94. The Labute approximate surface area is 103 Å². The Hall–Kier alpha value is -1.09. The highest BCUT2D eigenvalue weighted by Gasteiger charge is 2.27. The van der Waals surface area contributed by atoms with Crippen molar-refractivity contribution in [3.63, 3.8) is 0 Å². The molecular weight excluding hydrogens is 210 g/mol. The SMILES string of the molecule is CN1CCC[C@H]1c1cccnc1N1CCCC1. The molecule has 2 aliphatic rings. The van der Waals surface area contributed by atoms with Gasteiger partial charge in [-0.15, -0.1) is 0 Å². The van der Waals surface area contributed by atoms with E-state index in [9.17, 15) is 0 Å². The largest absolute Gasteiger partial charge is 0.356 e. The number of pyridine rings is 1. The number of anilines is 1. The fourth-order valence-electron chi connectivity index (χ4n) is 3.17. The zero-order valence-corrected chi connectivity index (χ0v) is 10.6. The van der Waals surface area contributed by atoms with Gasteiger partial charge in [-0.2, -0.15) is 0 Å². The lowest BCUT2D eigenvalue weighted by Gasteiger charge is -2.26. The van der Waals surface area contributed by atoms with Crippen LogP contribution in [0, 0.1) is 0 Å². The van der Waals surface area contributed by atoms with Gasteiger partial charge in [0.25, 0.3) is 0 Å². The smallest absolute Gasteiger partial charge is 0.133 e. The topological polar surface area (TPSA) is 19.4 Å². The molecule has 92 valence electrons. The van der Waals surface area contributed by atoms with Crippen molar-refractivity contribution in [3.05, 3.63) is 23.9 Å². The summed E-state index contributed by atoms with van der Waals surface area (Å²) in [5, 5.41) is 0. The normalized spacial score (nSPS) is 25.7. The van der Waals surface area contributed by atoms with Crippen LogP contribution in [0.5, 0.6) is 0 Å². The van der Waals surface area contributed by atoms with Gasteiger partial charge in [0.2, 0.25) is 0 Å². The minimum atomic E-state index is 0.583. The number of hydrogen-bond donors (Lipinski definition) is 0. The van der Waals surface area contributed by atoms with E-state index < -0.39 is 0 Å². The Morgan fingerprint density at radius 2 is 2.00 bits per heavy atom. The summed E-state index contributed by atoms with van der Waals surface area (Å²) in [6.45, 7) is 3.58. The highest BCUT2D eigenvalue weighted by molar-refractivity contribution is 5.49. The van der Waals surface area contributed by atoms with Gasteiger partial charge in [0.1, 0.15) is 5.82 Å². The molecule has 3 rings (SSSR count). The zero-order chi connectivity index (χ0) is 11.7. The van der Waals surface area contributed by atoms with Crippen molar-refractivity contribution in [2.75, 3.05) is 31.6 Å². The Balaban J connectivity index is 1.92. The van der Waals surface area contributed by atoms with Gasteiger partial charge in [0.05, 0.1) is 0 Å². The van der Waals surface area contributed by atoms with Gasteiger partial charge < -0.3 is 4.90 Å². The lowest BCUT2D eigenvalue weighted by Crippen LogP contribution is -2.24. The first-order valence-corrected chi connectivity index (χ1v) is 6.76. The minimum Gasteiger partial charge on any atom is -0.356 e. The highest BCUT2D eigenvalue weighted by atomic mass is 15.2. The van der Waals surface area contributed by atoms with E-state index in [1.165, 1.54) is 56.7 Å². The molecule has 0 spiro atoms. The van der Waals surface area contributed by atoms with Gasteiger partial charge >= 0.3 is 0 Å². The fraction of sp³-hybridized carbons (Fsp3) is 0.643. The van der Waals surface area contributed by atoms with E-state index in [1.807, 2.05) is 6.20 Å². The molecule has 3 heteroatoms. The van der Waals surface area contributed by atoms with Crippen molar-refractivity contribution in [1.29, 1.82) is 0 Å². The second-order valence-electron chi connectivity index (χ2n) is 5.25. The molecule has 2 fully saturated rings. The van der Waals surface area contributed by atoms with Crippen molar-refractivity contribution in [2.24, 2.45) is 0 Å². The molecule has 2 saturated heterocycles. The highest BCUT2D eigenvalue weighted by Crippen LogP contribution is 2.35. The van der Waals surface area contributed by atoms with E-state index in [1.54, 1.807) is 0 Å². The molecule has 1 aromatic rings. The molecule has 0 aromatic carbocycles. The first-order chi connectivity index (χ1) is 8.36. The van der Waals surface area contributed by atoms with Crippen molar-refractivity contribution >= 4 is 5.82 Å². The minimum absolute atomic E-state index is 0.583. The summed E-state index contributed by atoms with van der Waals surface area (Å²) >= 11 is 0. The van der Waals surface area contributed by atoms with Crippen LogP contribution >= 0.6 is 0 Å². The molecule has 0 radical (unpaired) electrons. The number of nitrogens with zero attached hydrogens (tertiary/aromatic N) is 3. The Kier molecular flexibility index (Phi) is 3.02. The molecule has 17 heavy (non-hydrogen) atoms. The summed E-state index contributed by atoms with van der Waals surface area (Å²) in [7, 11) is 2.23. The van der Waals surface area contributed by atoms with E-state index >= 15 is 0 Å². The molecule has 1 aromatic heterocycles. The molecule has 0 amide bonds. The average molecular weight is 231 g/mol. The van der Waals surface area contributed by atoms with Crippen molar-refractivity contribution in [3.8, 4) is 0 Å². The van der Waals surface area contributed by atoms with Gasteiger partial charge in [-0.05, 0) is 45.3 Å². The molecule has 0 unspecified atom stereocenters. The van der Waals surface area contributed by atoms with Crippen molar-refractivity contribution in [1.82, 2.24) is 9.88 Å². The molecule has 2 aliphatic heterocycles. The molecule has 3 heterocycles. The number of rotatable bonds is 2. The average Bonchev–Trinajstić information content (AvgIpc) is 3.00. The summed E-state index contributed by atoms with van der Waals surface area (Å²) in [5.74, 6) is 1.24. The first-order valence-electron chi connectivity index (χ1n) is 6.76. The third-order valence-electron chi connectivity index (χ3n) is 4.10. The molecule has 0 aliphatic carbocycles. The van der Waals surface area contributed by atoms with Crippen LogP contribution in [-0.4, -0.2) is 36.6 Å². The van der Waals surface area contributed by atoms with Crippen LogP contribution < -0.4 is 4.90 Å². The fourth-order valence-corrected chi connectivity index (χ4v) is 3.17. The number of likely N-dealkylation sites (tertiary alicyclic amines) is 1. The van der Waals surface area contributed by atoms with Crippen LogP contribution in [0.25, 0.3) is 0 Å². The molecule has 0 bridgehead atoms. The Bertz CT molecular complexity index is 385. The van der Waals surface area contributed by atoms with E-state index in [-0.39, 0.29) is 0 Å². The predicted molar refractivity (Wildman–Crippen MR) is 70.3 cm³/mol. The molecule has 0 saturated carbocycles. The maximum atomic E-state index is 4.64. The zero-order valence-electron chi connectivity index (χ0n) is 10.6. The second-order valence-corrected chi connectivity index (χ2v) is 5.25. The Morgan fingerprint density at radius 3 is 2.71 bits per heavy atom. The maximum Gasteiger partial charge on any atom is 0.133 e. The lowest BCUT2D eigenvalue weighted by molar-refractivity contribution is 0.317. The summed E-state index contributed by atoms with van der Waals surface area (Å²) in [4.78, 5) is 9.57. The van der Waals surface area contributed by atoms with Crippen molar-refractivity contribution in [2.45, 2.75) is 31.7 Å². The third kappa shape index (κ3) is 2.04. The van der Waals surface area contributed by atoms with Crippen LogP contribution in [0.1, 0.15) is 37.3 Å². The quantitative estimate of drug-likeness (QED) is 0.779. The number of hydrogen-bond acceptors (Lipinski definition) is 3. The van der Waals surface area contributed by atoms with E-state index in [0.29, 0.717) is 6.04 Å². The number of aromatic nitrogens is 1. The summed E-state index contributed by atoms with van der Waals surface area (Å²) in [5.41, 5.74) is 1.44.